The summed E-state index contributed by atoms with van der Waals surface area (Å²) in [6, 6.07) is 15.8. The summed E-state index contributed by atoms with van der Waals surface area (Å²) in [5.74, 6) is 1.00. The number of benzene rings is 2. The van der Waals surface area contributed by atoms with Crippen LogP contribution in [0, 0.1) is 0 Å². The van der Waals surface area contributed by atoms with Crippen LogP contribution in [-0.4, -0.2) is 31.0 Å². The van der Waals surface area contributed by atoms with E-state index in [9.17, 15) is 4.79 Å². The Morgan fingerprint density at radius 1 is 1.21 bits per heavy atom. The molecule has 3 rings (SSSR count). The van der Waals surface area contributed by atoms with Gasteiger partial charge in [0.05, 0.1) is 14.2 Å². The number of carbonyl (C=O) groups is 1. The molecule has 0 radical (unpaired) electrons. The molecule has 1 heterocycles. The predicted octanol–water partition coefficient (Wildman–Crippen LogP) is 2.46. The third-order valence-corrected chi connectivity index (χ3v) is 4.60. The number of nitrogens with one attached hydrogen (secondary N) is 2. The number of ether oxygens (including phenoxy) is 1. The van der Waals surface area contributed by atoms with Crippen LogP contribution in [0.5, 0.6) is 5.75 Å². The number of hydrogen-bond donors (Lipinski definition) is 2. The molecule has 4 heteroatoms. The van der Waals surface area contributed by atoms with Crippen molar-refractivity contribution < 1.29 is 14.4 Å². The summed E-state index contributed by atoms with van der Waals surface area (Å²) in [6.45, 7) is 2.76. The molecule has 2 N–H and O–H groups in total. The average molecular weight is 323 g/mol. The highest BCUT2D eigenvalue weighted by Crippen LogP contribution is 2.19. The Kier molecular flexibility index (Phi) is 4.67. The maximum absolute atomic E-state index is 12.9. The van der Waals surface area contributed by atoms with E-state index < -0.39 is 0 Å². The second kappa shape index (κ2) is 6.89. The first-order chi connectivity index (χ1) is 11.6. The largest absolute Gasteiger partial charge is 0.497 e. The van der Waals surface area contributed by atoms with Gasteiger partial charge in [0.15, 0.2) is 0 Å². The molecule has 0 saturated heterocycles. The highest BCUT2D eigenvalue weighted by molar-refractivity contribution is 6.09. The van der Waals surface area contributed by atoms with Crippen molar-refractivity contribution in [3.05, 3.63) is 65.9 Å². The van der Waals surface area contributed by atoms with E-state index in [1.165, 1.54) is 0 Å². The Bertz CT molecular complexity index is 853. The smallest absolute Gasteiger partial charge is 0.221 e. The minimum Gasteiger partial charge on any atom is -0.497 e. The average Bonchev–Trinajstić information content (AvgIpc) is 3.04. The van der Waals surface area contributed by atoms with Crippen LogP contribution in [-0.2, 0) is 6.54 Å². The lowest BCUT2D eigenvalue weighted by Gasteiger charge is -2.20. The monoisotopic (exact) mass is 323 g/mol. The Morgan fingerprint density at radius 3 is 2.79 bits per heavy atom. The van der Waals surface area contributed by atoms with Gasteiger partial charge < -0.3 is 14.6 Å². The Morgan fingerprint density at radius 2 is 2.00 bits per heavy atom. The maximum atomic E-state index is 12.9. The number of likely N-dealkylation sites (N-methyl/N-ethyl adjacent to an activating group) is 1. The zero-order chi connectivity index (χ0) is 17.1. The second-order valence-corrected chi connectivity index (χ2v) is 6.21. The van der Waals surface area contributed by atoms with Gasteiger partial charge in [0.2, 0.25) is 5.78 Å². The SMILES string of the molecule is COc1cccc(C[NH+](C)[C@@H](C)C(=O)c2c[nH]c3ccccc23)c1. The third kappa shape index (κ3) is 3.19. The number of Topliss-reactive ketones (excluding diaryl/α,β-unsaturated/α-hetero) is 1. The number of hydrogen-bond acceptors (Lipinski definition) is 2. The van der Waals surface area contributed by atoms with E-state index in [4.69, 9.17) is 4.74 Å². The quantitative estimate of drug-likeness (QED) is 0.685. The molecular weight excluding hydrogens is 300 g/mol. The number of H-pyrrole nitrogens is 1. The first-order valence-corrected chi connectivity index (χ1v) is 8.15. The van der Waals surface area contributed by atoms with Gasteiger partial charge in [0.25, 0.3) is 0 Å². The molecule has 0 aliphatic rings. The Balaban J connectivity index is 1.77. The van der Waals surface area contributed by atoms with Crippen molar-refractivity contribution in [3.8, 4) is 5.75 Å². The molecule has 1 aromatic heterocycles. The lowest BCUT2D eigenvalue weighted by Crippen LogP contribution is -3.12. The van der Waals surface area contributed by atoms with Crippen LogP contribution in [0.2, 0.25) is 0 Å². The molecule has 0 aliphatic carbocycles. The summed E-state index contributed by atoms with van der Waals surface area (Å²) in [5.41, 5.74) is 2.92. The Hall–Kier alpha value is -2.59. The van der Waals surface area contributed by atoms with Gasteiger partial charge in [-0.2, -0.15) is 0 Å². The number of methoxy groups -OCH3 is 1. The number of quaternary nitrogens is 1. The molecule has 124 valence electrons. The molecule has 0 bridgehead atoms. The second-order valence-electron chi connectivity index (χ2n) is 6.21. The minimum absolute atomic E-state index is 0.129. The molecule has 2 aromatic carbocycles. The summed E-state index contributed by atoms with van der Waals surface area (Å²) in [6.07, 6.45) is 1.82. The van der Waals surface area contributed by atoms with Crippen LogP contribution < -0.4 is 9.64 Å². The van der Waals surface area contributed by atoms with Gasteiger partial charge in [0.1, 0.15) is 18.3 Å². The topological polar surface area (TPSA) is 46.5 Å². The first kappa shape index (κ1) is 16.3. The molecule has 0 spiro atoms. The van der Waals surface area contributed by atoms with Crippen molar-refractivity contribution in [2.24, 2.45) is 0 Å². The number of aromatic nitrogens is 1. The third-order valence-electron chi connectivity index (χ3n) is 4.60. The number of fused-ring (bicyclic) bond motifs is 1. The van der Waals surface area contributed by atoms with Gasteiger partial charge in [0, 0.05) is 28.2 Å². The van der Waals surface area contributed by atoms with Gasteiger partial charge in [-0.05, 0) is 25.1 Å². The van der Waals surface area contributed by atoms with E-state index in [0.717, 1.165) is 39.2 Å². The number of carbonyl (C=O) groups excluding carboxylic acids is 1. The molecule has 3 aromatic rings. The summed E-state index contributed by atoms with van der Waals surface area (Å²) >= 11 is 0. The fourth-order valence-corrected chi connectivity index (χ4v) is 2.99. The molecule has 2 atom stereocenters. The molecule has 0 fully saturated rings. The van der Waals surface area contributed by atoms with Crippen molar-refractivity contribution in [2.75, 3.05) is 14.2 Å². The number of ketones is 1. The molecule has 0 amide bonds. The van der Waals surface area contributed by atoms with Crippen LogP contribution in [0.15, 0.2) is 54.7 Å². The van der Waals surface area contributed by atoms with E-state index in [0.29, 0.717) is 0 Å². The first-order valence-electron chi connectivity index (χ1n) is 8.15. The lowest BCUT2D eigenvalue weighted by molar-refractivity contribution is -0.907. The van der Waals surface area contributed by atoms with Gasteiger partial charge in [-0.25, -0.2) is 0 Å². The predicted molar refractivity (Wildman–Crippen MR) is 95.7 cm³/mol. The Labute approximate surface area is 142 Å². The van der Waals surface area contributed by atoms with E-state index in [1.807, 2.05) is 55.6 Å². The van der Waals surface area contributed by atoms with Crippen molar-refractivity contribution in [1.29, 1.82) is 0 Å². The fourth-order valence-electron chi connectivity index (χ4n) is 2.99. The number of aromatic amines is 1. The van der Waals surface area contributed by atoms with Crippen LogP contribution in [0.3, 0.4) is 0 Å². The normalized spacial score (nSPS) is 13.6. The molecule has 0 aliphatic heterocycles. The van der Waals surface area contributed by atoms with Gasteiger partial charge in [-0.1, -0.05) is 30.3 Å². The molecule has 4 nitrogen and oxygen atoms in total. The fraction of sp³-hybridized carbons (Fsp3) is 0.250. The molecule has 1 unspecified atom stereocenters. The highest BCUT2D eigenvalue weighted by Gasteiger charge is 2.25. The van der Waals surface area contributed by atoms with Crippen molar-refractivity contribution in [1.82, 2.24) is 4.98 Å². The highest BCUT2D eigenvalue weighted by atomic mass is 16.5. The molecule has 0 saturated carbocycles. The van der Waals surface area contributed by atoms with E-state index >= 15 is 0 Å². The van der Waals surface area contributed by atoms with Gasteiger partial charge in [-0.15, -0.1) is 0 Å². The summed E-state index contributed by atoms with van der Waals surface area (Å²) in [5, 5.41) is 0.989. The molecule has 24 heavy (non-hydrogen) atoms. The zero-order valence-electron chi connectivity index (χ0n) is 14.3. The van der Waals surface area contributed by atoms with Crippen molar-refractivity contribution >= 4 is 16.7 Å². The van der Waals surface area contributed by atoms with Gasteiger partial charge >= 0.3 is 0 Å². The van der Waals surface area contributed by atoms with E-state index in [1.54, 1.807) is 7.11 Å². The zero-order valence-corrected chi connectivity index (χ0v) is 14.3. The number of rotatable bonds is 6. The van der Waals surface area contributed by atoms with Gasteiger partial charge in [-0.3, -0.25) is 4.79 Å². The van der Waals surface area contributed by atoms with E-state index in [2.05, 4.69) is 18.1 Å². The molecular formula is C20H23N2O2+. The van der Waals surface area contributed by atoms with Crippen LogP contribution >= 0.6 is 0 Å². The summed E-state index contributed by atoms with van der Waals surface area (Å²) in [4.78, 5) is 17.2. The summed E-state index contributed by atoms with van der Waals surface area (Å²) < 4.78 is 5.27. The standard InChI is InChI=1S/C20H22N2O2/c1-14(22(2)13-15-7-6-8-16(11-15)24-3)20(23)18-12-21-19-10-5-4-9-17(18)19/h4-12,14,21H,13H2,1-3H3/p+1/t14-/m0/s1. The maximum Gasteiger partial charge on any atom is 0.221 e. The van der Waals surface area contributed by atoms with Crippen LogP contribution in [0.25, 0.3) is 10.9 Å². The number of para-hydroxylation sites is 1. The van der Waals surface area contributed by atoms with E-state index in [-0.39, 0.29) is 11.8 Å². The van der Waals surface area contributed by atoms with Crippen molar-refractivity contribution in [3.63, 3.8) is 0 Å². The lowest BCUT2D eigenvalue weighted by atomic mass is 10.0. The minimum atomic E-state index is -0.129. The van der Waals surface area contributed by atoms with Crippen LogP contribution in [0.4, 0.5) is 0 Å². The van der Waals surface area contributed by atoms with Crippen molar-refractivity contribution in [2.45, 2.75) is 19.5 Å². The van der Waals surface area contributed by atoms with Crippen LogP contribution in [0.1, 0.15) is 22.8 Å². The summed E-state index contributed by atoms with van der Waals surface area (Å²) in [7, 11) is 3.72.